The topological polar surface area (TPSA) is 0 Å². The van der Waals surface area contributed by atoms with Crippen molar-refractivity contribution in [3.8, 4) is 0 Å². The Bertz CT molecular complexity index is 316. The molecular weight excluding hydrogens is 218 g/mol. The van der Waals surface area contributed by atoms with Gasteiger partial charge < -0.3 is 4.48 Å². The summed E-state index contributed by atoms with van der Waals surface area (Å²) in [4.78, 5) is 0. The minimum Gasteiger partial charge on any atom is -0.325 e. The molecule has 1 unspecified atom stereocenters. The van der Waals surface area contributed by atoms with Crippen molar-refractivity contribution in [1.29, 1.82) is 0 Å². The van der Waals surface area contributed by atoms with E-state index in [1.807, 2.05) is 0 Å². The lowest BCUT2D eigenvalue weighted by Gasteiger charge is -2.33. The van der Waals surface area contributed by atoms with Crippen molar-refractivity contribution in [2.45, 2.75) is 46.1 Å². The maximum absolute atomic E-state index is 2.36. The van der Waals surface area contributed by atoms with Crippen LogP contribution in [-0.4, -0.2) is 25.1 Å². The molecule has 1 atom stereocenters. The molecule has 1 aromatic rings. The Morgan fingerprint density at radius 1 is 1.06 bits per heavy atom. The van der Waals surface area contributed by atoms with Crippen molar-refractivity contribution in [1.82, 2.24) is 0 Å². The predicted molar refractivity (Wildman–Crippen MR) is 80.4 cm³/mol. The van der Waals surface area contributed by atoms with Crippen LogP contribution in [0.3, 0.4) is 0 Å². The van der Waals surface area contributed by atoms with Crippen molar-refractivity contribution in [3.63, 3.8) is 0 Å². The number of benzene rings is 1. The molecule has 0 aliphatic rings. The van der Waals surface area contributed by atoms with Crippen molar-refractivity contribution in [2.24, 2.45) is 5.92 Å². The first-order valence-corrected chi connectivity index (χ1v) is 7.43. The minimum atomic E-state index is 0.878. The molecular formula is C17H30N+. The fourth-order valence-corrected chi connectivity index (χ4v) is 2.76. The van der Waals surface area contributed by atoms with E-state index in [0.717, 1.165) is 16.9 Å². The zero-order chi connectivity index (χ0) is 13.4. The summed E-state index contributed by atoms with van der Waals surface area (Å²) in [6, 6.07) is 10.9. The van der Waals surface area contributed by atoms with Gasteiger partial charge in [-0.3, -0.25) is 0 Å². The average Bonchev–Trinajstić information content (AvgIpc) is 2.35. The van der Waals surface area contributed by atoms with E-state index in [-0.39, 0.29) is 0 Å². The lowest BCUT2D eigenvalue weighted by Crippen LogP contribution is -2.42. The number of quaternary nitrogens is 1. The molecule has 0 radical (unpaired) electrons. The summed E-state index contributed by atoms with van der Waals surface area (Å²) in [5.41, 5.74) is 1.45. The number of unbranched alkanes of at least 4 members (excludes halogenated alkanes) is 1. The van der Waals surface area contributed by atoms with Gasteiger partial charge in [0.2, 0.25) is 0 Å². The van der Waals surface area contributed by atoms with Crippen LogP contribution in [0.4, 0.5) is 0 Å². The smallest absolute Gasteiger partial charge is 0.104 e. The van der Waals surface area contributed by atoms with Gasteiger partial charge in [0.25, 0.3) is 0 Å². The number of nitrogens with zero attached hydrogens (tertiary/aromatic N) is 1. The van der Waals surface area contributed by atoms with Crippen LogP contribution in [0.15, 0.2) is 30.3 Å². The van der Waals surface area contributed by atoms with Gasteiger partial charge in [-0.25, -0.2) is 0 Å². The molecule has 0 saturated carbocycles. The fraction of sp³-hybridized carbons (Fsp3) is 0.647. The summed E-state index contributed by atoms with van der Waals surface area (Å²) < 4.78 is 1.10. The highest BCUT2D eigenvalue weighted by molar-refractivity contribution is 5.13. The molecule has 0 spiro atoms. The van der Waals surface area contributed by atoms with Gasteiger partial charge in [-0.05, 0) is 12.8 Å². The van der Waals surface area contributed by atoms with Crippen LogP contribution in [0.2, 0.25) is 0 Å². The van der Waals surface area contributed by atoms with Crippen LogP contribution < -0.4 is 0 Å². The maximum Gasteiger partial charge on any atom is 0.104 e. The third-order valence-corrected chi connectivity index (χ3v) is 3.75. The van der Waals surface area contributed by atoms with Gasteiger partial charge >= 0.3 is 0 Å². The molecule has 102 valence electrons. The molecule has 0 aromatic heterocycles. The van der Waals surface area contributed by atoms with E-state index in [1.54, 1.807) is 0 Å². The van der Waals surface area contributed by atoms with Crippen molar-refractivity contribution >= 4 is 0 Å². The van der Waals surface area contributed by atoms with Gasteiger partial charge in [-0.15, -0.1) is 0 Å². The van der Waals surface area contributed by atoms with Crippen LogP contribution in [0.25, 0.3) is 0 Å². The second-order valence-electron chi connectivity index (χ2n) is 6.18. The summed E-state index contributed by atoms with van der Waals surface area (Å²) in [5.74, 6) is 0.878. The van der Waals surface area contributed by atoms with E-state index in [0.29, 0.717) is 0 Å². The van der Waals surface area contributed by atoms with E-state index < -0.39 is 0 Å². The largest absolute Gasteiger partial charge is 0.325 e. The Kier molecular flexibility index (Phi) is 6.42. The second kappa shape index (κ2) is 7.58. The average molecular weight is 248 g/mol. The molecule has 0 heterocycles. The number of rotatable bonds is 8. The third-order valence-electron chi connectivity index (χ3n) is 3.75. The standard InChI is InChI=1S/C17H30N/c1-5-7-11-16(6-2)14-18(3,4)15-17-12-9-8-10-13-17/h8-10,12-13,16H,5-7,11,14-15H2,1-4H3/q+1. The first-order valence-electron chi connectivity index (χ1n) is 7.43. The highest BCUT2D eigenvalue weighted by Crippen LogP contribution is 2.19. The highest BCUT2D eigenvalue weighted by Gasteiger charge is 2.21. The fourth-order valence-electron chi connectivity index (χ4n) is 2.76. The molecule has 0 aliphatic heterocycles. The lowest BCUT2D eigenvalue weighted by atomic mass is 9.98. The first kappa shape index (κ1) is 15.2. The Balaban J connectivity index is 2.51. The van der Waals surface area contributed by atoms with E-state index in [2.05, 4.69) is 58.3 Å². The molecule has 18 heavy (non-hydrogen) atoms. The summed E-state index contributed by atoms with van der Waals surface area (Å²) in [6.45, 7) is 7.06. The van der Waals surface area contributed by atoms with E-state index in [9.17, 15) is 0 Å². The van der Waals surface area contributed by atoms with Gasteiger partial charge in [-0.1, -0.05) is 57.0 Å². The summed E-state index contributed by atoms with van der Waals surface area (Å²) in [6.07, 6.45) is 5.41. The van der Waals surface area contributed by atoms with Gasteiger partial charge in [0, 0.05) is 11.5 Å². The van der Waals surface area contributed by atoms with Crippen molar-refractivity contribution in [2.75, 3.05) is 20.6 Å². The SMILES string of the molecule is CCCCC(CC)C[N+](C)(C)Cc1ccccc1. The second-order valence-corrected chi connectivity index (χ2v) is 6.18. The molecule has 1 rings (SSSR count). The quantitative estimate of drug-likeness (QED) is 0.595. The van der Waals surface area contributed by atoms with E-state index in [1.165, 1.54) is 37.8 Å². The lowest BCUT2D eigenvalue weighted by molar-refractivity contribution is -0.907. The van der Waals surface area contributed by atoms with Gasteiger partial charge in [0.05, 0.1) is 20.6 Å². The zero-order valence-electron chi connectivity index (χ0n) is 12.7. The molecule has 0 N–H and O–H groups in total. The first-order chi connectivity index (χ1) is 8.57. The summed E-state index contributed by atoms with van der Waals surface area (Å²) in [5, 5.41) is 0. The van der Waals surface area contributed by atoms with Crippen LogP contribution in [0.1, 0.15) is 45.1 Å². The number of hydrogen-bond acceptors (Lipinski definition) is 0. The maximum atomic E-state index is 2.36. The molecule has 0 amide bonds. The van der Waals surface area contributed by atoms with Gasteiger partial charge in [0.1, 0.15) is 6.54 Å². The summed E-state index contributed by atoms with van der Waals surface area (Å²) in [7, 11) is 4.73. The molecule has 0 saturated heterocycles. The normalized spacial score (nSPS) is 13.6. The van der Waals surface area contributed by atoms with Gasteiger partial charge in [-0.2, -0.15) is 0 Å². The van der Waals surface area contributed by atoms with E-state index in [4.69, 9.17) is 0 Å². The van der Waals surface area contributed by atoms with Crippen molar-refractivity contribution in [3.05, 3.63) is 35.9 Å². The minimum absolute atomic E-state index is 0.878. The van der Waals surface area contributed by atoms with Gasteiger partial charge in [0.15, 0.2) is 0 Å². The highest BCUT2D eigenvalue weighted by atomic mass is 15.3. The Labute approximate surface area is 113 Å². The van der Waals surface area contributed by atoms with Crippen LogP contribution in [-0.2, 0) is 6.54 Å². The van der Waals surface area contributed by atoms with Crippen LogP contribution >= 0.6 is 0 Å². The summed E-state index contributed by atoms with van der Waals surface area (Å²) >= 11 is 0. The zero-order valence-corrected chi connectivity index (χ0v) is 12.7. The Morgan fingerprint density at radius 3 is 2.28 bits per heavy atom. The Hall–Kier alpha value is -0.820. The van der Waals surface area contributed by atoms with Crippen LogP contribution in [0.5, 0.6) is 0 Å². The third kappa shape index (κ3) is 5.68. The molecule has 1 heteroatoms. The Morgan fingerprint density at radius 2 is 1.72 bits per heavy atom. The van der Waals surface area contributed by atoms with Crippen molar-refractivity contribution < 1.29 is 4.48 Å². The molecule has 1 aromatic carbocycles. The predicted octanol–water partition coefficient (Wildman–Crippen LogP) is 4.48. The molecule has 1 nitrogen and oxygen atoms in total. The number of hydrogen-bond donors (Lipinski definition) is 0. The molecule has 0 fully saturated rings. The van der Waals surface area contributed by atoms with Crippen LogP contribution in [0, 0.1) is 5.92 Å². The molecule has 0 bridgehead atoms. The molecule has 0 aliphatic carbocycles. The van der Waals surface area contributed by atoms with E-state index >= 15 is 0 Å². The monoisotopic (exact) mass is 248 g/mol.